The molecule has 0 aliphatic heterocycles. The Kier molecular flexibility index (Phi) is 23.8. The molecular weight excluding hydrogens is 346 g/mol. The van der Waals surface area contributed by atoms with Crippen molar-refractivity contribution < 1.29 is 53.8 Å². The van der Waals surface area contributed by atoms with Crippen molar-refractivity contribution in [2.24, 2.45) is 0 Å². The van der Waals surface area contributed by atoms with Crippen molar-refractivity contribution in [2.45, 2.75) is 12.8 Å². The Morgan fingerprint density at radius 1 is 1.62 bits per heavy atom. The van der Waals surface area contributed by atoms with Gasteiger partial charge in [-0.25, -0.2) is 0 Å². The van der Waals surface area contributed by atoms with E-state index in [2.05, 4.69) is 12.2 Å². The molecule has 8 heavy (non-hydrogen) atoms. The van der Waals surface area contributed by atoms with Crippen molar-refractivity contribution in [1.29, 1.82) is 0 Å². The molecule has 0 saturated carbocycles. The Hall–Kier alpha value is 1.82. The van der Waals surface area contributed by atoms with Gasteiger partial charge in [0.05, 0.1) is 7.28 Å². The van der Waals surface area contributed by atoms with E-state index >= 15 is 0 Å². The fraction of sp³-hybridized carbons (Fsp3) is 0.750. The van der Waals surface area contributed by atoms with Crippen LogP contribution in [-0.4, -0.2) is 20.3 Å². The third-order valence-corrected chi connectivity index (χ3v) is 0.773. The molecule has 0 aromatic rings. The summed E-state index contributed by atoms with van der Waals surface area (Å²) in [6.45, 7) is 5.69. The van der Waals surface area contributed by atoms with Gasteiger partial charge in [0.25, 0.3) is 0 Å². The molecule has 0 aliphatic rings. The van der Waals surface area contributed by atoms with Gasteiger partial charge in [-0.05, 0) is 7.05 Å². The van der Waals surface area contributed by atoms with Crippen LogP contribution in [0, 0.1) is 6.92 Å². The minimum absolute atomic E-state index is 0. The monoisotopic (exact) mass is 356 g/mol. The van der Waals surface area contributed by atoms with Gasteiger partial charge in [0.15, 0.2) is 0 Å². The van der Waals surface area contributed by atoms with Crippen LogP contribution >= 0.6 is 0 Å². The summed E-state index contributed by atoms with van der Waals surface area (Å²) in [5.74, 6) is 0.310. The Labute approximate surface area is 92.1 Å². The Bertz CT molecular complexity index is 35.2. The second kappa shape index (κ2) is 11.6. The van der Waals surface area contributed by atoms with Crippen LogP contribution in [0.4, 0.5) is 0 Å². The minimum Gasteiger partial charge on any atom is -0.354 e. The van der Waals surface area contributed by atoms with Crippen molar-refractivity contribution in [3.8, 4) is 0 Å². The van der Waals surface area contributed by atoms with Gasteiger partial charge in [-0.15, -0.1) is 5.94 Å². The third kappa shape index (κ3) is 10.7. The van der Waals surface area contributed by atoms with E-state index in [1.807, 2.05) is 21.2 Å². The van der Waals surface area contributed by atoms with Gasteiger partial charge >= 0.3 is 0 Å². The van der Waals surface area contributed by atoms with Crippen LogP contribution in [0.5, 0.6) is 0 Å². The van der Waals surface area contributed by atoms with Gasteiger partial charge in [0, 0.05) is 53.8 Å². The van der Waals surface area contributed by atoms with E-state index < -0.39 is 0 Å². The van der Waals surface area contributed by atoms with Crippen molar-refractivity contribution in [3.05, 3.63) is 6.92 Å². The first kappa shape index (κ1) is 16.4. The molecule has 0 aromatic carbocycles. The van der Waals surface area contributed by atoms with Crippen LogP contribution in [0.3, 0.4) is 0 Å². The summed E-state index contributed by atoms with van der Waals surface area (Å²) >= 11 is 0. The molecule has 0 spiro atoms. The molecule has 0 amide bonds. The molecule has 0 heterocycles. The number of hydrogen-bond donors (Lipinski definition) is 1. The first-order valence-electron chi connectivity index (χ1n) is 2.11. The summed E-state index contributed by atoms with van der Waals surface area (Å²) < 4.78 is 0. The molecule has 1 nitrogen and oxygen atoms in total. The van der Waals surface area contributed by atoms with Gasteiger partial charge in [0.1, 0.15) is 0 Å². The van der Waals surface area contributed by atoms with E-state index in [0.29, 0.717) is 5.94 Å². The fourth-order valence-corrected chi connectivity index (χ4v) is 0.167. The molecular formula is C4H10BNWY-. The summed E-state index contributed by atoms with van der Waals surface area (Å²) in [6, 6.07) is 0. The normalized spacial score (nSPS) is 10.4. The predicted octanol–water partition coefficient (Wildman–Crippen LogP) is 0.113. The summed E-state index contributed by atoms with van der Waals surface area (Å²) in [5, 5.41) is 2.95. The van der Waals surface area contributed by atoms with Crippen LogP contribution in [0.2, 0.25) is 6.82 Å². The van der Waals surface area contributed by atoms with Gasteiger partial charge < -0.3 is 12.2 Å². The van der Waals surface area contributed by atoms with E-state index in [1.165, 1.54) is 0 Å². The zero-order valence-corrected chi connectivity index (χ0v) is 11.1. The maximum Gasteiger partial charge on any atom is 0.0901 e. The summed E-state index contributed by atoms with van der Waals surface area (Å²) in [7, 11) is 3.89. The second-order valence-corrected chi connectivity index (χ2v) is 1.23. The Balaban J connectivity index is -0.000000125. The summed E-state index contributed by atoms with van der Waals surface area (Å²) in [5.41, 5.74) is 0. The van der Waals surface area contributed by atoms with E-state index in [4.69, 9.17) is 0 Å². The van der Waals surface area contributed by atoms with Crippen LogP contribution in [0.15, 0.2) is 0 Å². The number of nitrogens with one attached hydrogen (secondary N) is 1. The average Bonchev–Trinajstić information content (AvgIpc) is 1.65. The summed E-state index contributed by atoms with van der Waals surface area (Å²) in [4.78, 5) is 0. The molecule has 0 aliphatic carbocycles. The standard InChI is InChI=1S/C4H10BN.W.Y/c1-4(5-2)6-3;;/h4,6H,1H2,2-3H3;;/q-1;;. The smallest absolute Gasteiger partial charge is 0.0901 e. The molecule has 0 rings (SSSR count). The molecule has 0 fully saturated rings. The molecule has 0 saturated heterocycles. The average molecular weight is 356 g/mol. The zero-order chi connectivity index (χ0) is 4.99. The maximum atomic E-state index is 3.71. The Morgan fingerprint density at radius 3 is 2.00 bits per heavy atom. The second-order valence-electron chi connectivity index (χ2n) is 1.23. The number of rotatable bonds is 2. The van der Waals surface area contributed by atoms with E-state index in [9.17, 15) is 0 Å². The summed E-state index contributed by atoms with van der Waals surface area (Å²) in [6.07, 6.45) is 0. The predicted molar refractivity (Wildman–Crippen MR) is 29.8 cm³/mol. The molecule has 44 valence electrons. The van der Waals surface area contributed by atoms with Crippen molar-refractivity contribution in [3.63, 3.8) is 0 Å². The molecule has 0 aromatic heterocycles. The van der Waals surface area contributed by atoms with Crippen molar-refractivity contribution in [2.75, 3.05) is 7.05 Å². The topological polar surface area (TPSA) is 12.0 Å². The third-order valence-electron chi connectivity index (χ3n) is 0.773. The van der Waals surface area contributed by atoms with E-state index in [-0.39, 0.29) is 53.8 Å². The van der Waals surface area contributed by atoms with Gasteiger partial charge in [-0.3, -0.25) is 0 Å². The molecule has 1 N–H and O–H groups in total. The number of hydrogen-bond acceptors (Lipinski definition) is 1. The van der Waals surface area contributed by atoms with Gasteiger partial charge in [-0.1, -0.05) is 6.82 Å². The van der Waals surface area contributed by atoms with Gasteiger partial charge in [-0.2, -0.15) is 0 Å². The minimum atomic E-state index is 0. The van der Waals surface area contributed by atoms with Crippen molar-refractivity contribution >= 4 is 7.28 Å². The van der Waals surface area contributed by atoms with Crippen LogP contribution in [0.25, 0.3) is 0 Å². The maximum absolute atomic E-state index is 3.71. The van der Waals surface area contributed by atoms with Crippen LogP contribution in [-0.2, 0) is 53.8 Å². The molecule has 4 heteroatoms. The molecule has 2 radical (unpaired) electrons. The molecule has 1 atom stereocenters. The quantitative estimate of drug-likeness (QED) is 0.548. The fourth-order valence-electron chi connectivity index (χ4n) is 0.167. The zero-order valence-electron chi connectivity index (χ0n) is 5.35. The first-order valence-corrected chi connectivity index (χ1v) is 2.11. The van der Waals surface area contributed by atoms with E-state index in [0.717, 1.165) is 0 Å². The van der Waals surface area contributed by atoms with Crippen LogP contribution in [0.1, 0.15) is 0 Å². The van der Waals surface area contributed by atoms with Gasteiger partial charge in [0.2, 0.25) is 0 Å². The van der Waals surface area contributed by atoms with Crippen LogP contribution < -0.4 is 5.32 Å². The van der Waals surface area contributed by atoms with Crippen molar-refractivity contribution in [1.82, 2.24) is 5.32 Å². The molecule has 0 bridgehead atoms. The first-order chi connectivity index (χ1) is 2.81. The molecule has 1 unspecified atom stereocenters. The largest absolute Gasteiger partial charge is 0.354 e. The Morgan fingerprint density at radius 2 is 2.00 bits per heavy atom. The SMILES string of the molecule is [CH2-]C([B]C)NC.[W].[Y]. The van der Waals surface area contributed by atoms with E-state index in [1.54, 1.807) is 0 Å².